The van der Waals surface area contributed by atoms with E-state index in [0.717, 1.165) is 73.4 Å². The summed E-state index contributed by atoms with van der Waals surface area (Å²) in [4.78, 5) is 5.15. The monoisotopic (exact) mass is 801 g/mol. The van der Waals surface area contributed by atoms with Crippen molar-refractivity contribution < 1.29 is 0 Å². The van der Waals surface area contributed by atoms with Crippen LogP contribution in [-0.4, -0.2) is 5.71 Å². The highest BCUT2D eigenvalue weighted by Gasteiger charge is 2.12. The Bertz CT molecular complexity index is 2770. The number of aliphatic imine (C=N–C) groups is 1. The second-order valence-electron chi connectivity index (χ2n) is 15.4. The van der Waals surface area contributed by atoms with Crippen molar-refractivity contribution in [3.8, 4) is 22.3 Å². The summed E-state index contributed by atoms with van der Waals surface area (Å²) >= 11 is 0. The van der Waals surface area contributed by atoms with Crippen LogP contribution in [0.25, 0.3) is 51.2 Å². The SMILES string of the molecule is C=C/C=C\C(C(=NC(=C)c1ccc(-c2cc(C/C=C\c3cccc(/C(C=C)=C/C=C)c3)cc(C(=C)/C=C\c3cc(-c4ccccc4)ccc3C)c2)cc1)c1ccccc1)=C(C)C. The average Bonchev–Trinajstić information content (AvgIpc) is 3.30. The minimum Gasteiger partial charge on any atom is -0.248 e. The van der Waals surface area contributed by atoms with Crippen LogP contribution < -0.4 is 0 Å². The molecule has 0 atom stereocenters. The molecule has 1 nitrogen and oxygen atoms in total. The van der Waals surface area contributed by atoms with E-state index in [1.165, 1.54) is 27.8 Å². The highest BCUT2D eigenvalue weighted by Crippen LogP contribution is 2.30. The maximum atomic E-state index is 5.15. The van der Waals surface area contributed by atoms with Crippen molar-refractivity contribution in [3.63, 3.8) is 0 Å². The fourth-order valence-electron chi connectivity index (χ4n) is 7.22. The van der Waals surface area contributed by atoms with E-state index in [4.69, 9.17) is 4.99 Å². The number of hydrogen-bond acceptors (Lipinski definition) is 1. The van der Waals surface area contributed by atoms with E-state index in [2.05, 4.69) is 205 Å². The Hall–Kier alpha value is -7.61. The first-order valence-electron chi connectivity index (χ1n) is 21.0. The fourth-order valence-corrected chi connectivity index (χ4v) is 7.22. The minimum atomic E-state index is 0.690. The Balaban J connectivity index is 1.34. The number of nitrogens with zero attached hydrogens (tertiary/aromatic N) is 1. The summed E-state index contributed by atoms with van der Waals surface area (Å²) in [5.41, 5.74) is 19.2. The predicted octanol–water partition coefficient (Wildman–Crippen LogP) is 16.6. The van der Waals surface area contributed by atoms with Gasteiger partial charge in [-0.15, -0.1) is 0 Å². The van der Waals surface area contributed by atoms with Gasteiger partial charge in [0.1, 0.15) is 0 Å². The topological polar surface area (TPSA) is 12.4 Å². The number of aryl methyl sites for hydroxylation is 1. The van der Waals surface area contributed by atoms with Crippen molar-refractivity contribution >= 4 is 34.7 Å². The molecule has 0 aliphatic carbocycles. The Kier molecular flexibility index (Phi) is 15.3. The van der Waals surface area contributed by atoms with Crippen molar-refractivity contribution in [1.29, 1.82) is 0 Å². The normalized spacial score (nSPS) is 11.9. The fraction of sp³-hybridized carbons (Fsp3) is 0.0656. The molecule has 6 rings (SSSR count). The first-order valence-corrected chi connectivity index (χ1v) is 21.0. The van der Waals surface area contributed by atoms with Gasteiger partial charge in [-0.1, -0.05) is 227 Å². The van der Waals surface area contributed by atoms with E-state index in [9.17, 15) is 0 Å². The zero-order valence-electron chi connectivity index (χ0n) is 36.3. The smallest absolute Gasteiger partial charge is 0.0780 e. The third-order valence-corrected chi connectivity index (χ3v) is 10.7. The molecule has 0 aromatic heterocycles. The first-order chi connectivity index (χ1) is 30.2. The summed E-state index contributed by atoms with van der Waals surface area (Å²) in [6.07, 6.45) is 20.9. The molecule has 1 heteroatoms. The quantitative estimate of drug-likeness (QED) is 0.0643. The molecule has 0 spiro atoms. The molecule has 0 saturated carbocycles. The molecule has 0 N–H and O–H groups in total. The first kappa shape index (κ1) is 44.0. The summed E-state index contributed by atoms with van der Waals surface area (Å²) in [5, 5.41) is 0. The van der Waals surface area contributed by atoms with Crippen LogP contribution in [0.15, 0.2) is 243 Å². The van der Waals surface area contributed by atoms with Gasteiger partial charge in [0.05, 0.1) is 11.4 Å². The molecule has 62 heavy (non-hydrogen) atoms. The summed E-state index contributed by atoms with van der Waals surface area (Å²) < 4.78 is 0. The predicted molar refractivity (Wildman–Crippen MR) is 274 cm³/mol. The molecule has 0 fully saturated rings. The van der Waals surface area contributed by atoms with E-state index in [1.54, 1.807) is 12.2 Å². The lowest BCUT2D eigenvalue weighted by molar-refractivity contribution is 1.27. The van der Waals surface area contributed by atoms with Gasteiger partial charge >= 0.3 is 0 Å². The number of benzene rings is 6. The number of allylic oxidation sites excluding steroid dienone is 12. The van der Waals surface area contributed by atoms with Crippen LogP contribution in [0.5, 0.6) is 0 Å². The highest BCUT2D eigenvalue weighted by molar-refractivity contribution is 6.16. The van der Waals surface area contributed by atoms with Gasteiger partial charge in [0, 0.05) is 5.56 Å². The second-order valence-corrected chi connectivity index (χ2v) is 15.4. The summed E-state index contributed by atoms with van der Waals surface area (Å²) in [5.74, 6) is 0. The minimum absolute atomic E-state index is 0.690. The van der Waals surface area contributed by atoms with Crippen LogP contribution in [0.3, 0.4) is 0 Å². The maximum absolute atomic E-state index is 5.15. The van der Waals surface area contributed by atoms with Gasteiger partial charge in [-0.05, 0) is 123 Å². The Labute approximate surface area is 370 Å². The largest absolute Gasteiger partial charge is 0.248 e. The molecule has 6 aromatic carbocycles. The van der Waals surface area contributed by atoms with Crippen LogP contribution in [0.4, 0.5) is 0 Å². The van der Waals surface area contributed by atoms with E-state index < -0.39 is 0 Å². The Morgan fingerprint density at radius 2 is 1.27 bits per heavy atom. The van der Waals surface area contributed by atoms with Crippen LogP contribution in [0, 0.1) is 6.92 Å². The zero-order chi connectivity index (χ0) is 43.8. The van der Waals surface area contributed by atoms with Gasteiger partial charge in [0.25, 0.3) is 0 Å². The van der Waals surface area contributed by atoms with Crippen molar-refractivity contribution in [3.05, 3.63) is 283 Å². The summed E-state index contributed by atoms with van der Waals surface area (Å²) in [6, 6.07) is 51.2. The van der Waals surface area contributed by atoms with Crippen molar-refractivity contribution in [2.24, 2.45) is 4.99 Å². The van der Waals surface area contributed by atoms with E-state index in [0.29, 0.717) is 5.70 Å². The average molecular weight is 802 g/mol. The van der Waals surface area contributed by atoms with Gasteiger partial charge in [0.15, 0.2) is 0 Å². The third kappa shape index (κ3) is 11.6. The van der Waals surface area contributed by atoms with Gasteiger partial charge < -0.3 is 0 Å². The Morgan fingerprint density at radius 1 is 0.581 bits per heavy atom. The molecule has 304 valence electrons. The van der Waals surface area contributed by atoms with Gasteiger partial charge in [-0.3, -0.25) is 0 Å². The van der Waals surface area contributed by atoms with Crippen LogP contribution in [0.2, 0.25) is 0 Å². The van der Waals surface area contributed by atoms with Crippen LogP contribution in [0.1, 0.15) is 58.4 Å². The molecule has 0 bridgehead atoms. The third-order valence-electron chi connectivity index (χ3n) is 10.7. The molecule has 0 radical (unpaired) electrons. The summed E-state index contributed by atoms with van der Waals surface area (Å²) in [7, 11) is 0. The van der Waals surface area contributed by atoms with Gasteiger partial charge in [-0.2, -0.15) is 0 Å². The lowest BCUT2D eigenvalue weighted by Crippen LogP contribution is -2.06. The number of rotatable bonds is 17. The standard InChI is InChI=1S/C61H55N/c1-9-12-30-60(44(4)5)61(54-27-17-14-18-28-54)62-47(8)51-35-37-53(38-36-51)59-41-49(24-19-22-48-23-20-29-56(39-48)50(11-3)21-10-2)40-58(43-59)46(7)31-33-55-42-57(34-32-45(55)6)52-25-15-13-16-26-52/h9-23,25-43H,1-3,7-8,24H2,4-6H3/b22-19-,30-12-,33-31-,50-21+,62-61?. The van der Waals surface area contributed by atoms with Crippen LogP contribution in [-0.2, 0) is 6.42 Å². The van der Waals surface area contributed by atoms with Gasteiger partial charge in [0.2, 0.25) is 0 Å². The van der Waals surface area contributed by atoms with Crippen molar-refractivity contribution in [2.45, 2.75) is 27.2 Å². The lowest BCUT2D eigenvalue weighted by Gasteiger charge is -2.13. The van der Waals surface area contributed by atoms with Crippen molar-refractivity contribution in [2.75, 3.05) is 0 Å². The highest BCUT2D eigenvalue weighted by atomic mass is 14.8. The summed E-state index contributed by atoms with van der Waals surface area (Å²) in [6.45, 7) is 27.1. The molecule has 0 aliphatic heterocycles. The molecular formula is C61H55N. The molecule has 0 unspecified atom stereocenters. The lowest BCUT2D eigenvalue weighted by atomic mass is 9.93. The molecule has 0 amide bonds. The second kappa shape index (κ2) is 21.6. The number of hydrogen-bond donors (Lipinski definition) is 0. The molecule has 0 aliphatic rings. The van der Waals surface area contributed by atoms with E-state index >= 15 is 0 Å². The molecule has 6 aromatic rings. The van der Waals surface area contributed by atoms with Crippen LogP contribution >= 0.6 is 0 Å². The van der Waals surface area contributed by atoms with E-state index in [-0.39, 0.29) is 0 Å². The maximum Gasteiger partial charge on any atom is 0.0780 e. The molecule has 0 heterocycles. The van der Waals surface area contributed by atoms with E-state index in [1.807, 2.05) is 42.5 Å². The molecule has 0 saturated heterocycles. The molecular weight excluding hydrogens is 747 g/mol. The zero-order valence-corrected chi connectivity index (χ0v) is 36.3. The van der Waals surface area contributed by atoms with Gasteiger partial charge in [-0.25, -0.2) is 4.99 Å². The van der Waals surface area contributed by atoms with Crippen molar-refractivity contribution in [1.82, 2.24) is 0 Å². The Morgan fingerprint density at radius 3 is 1.97 bits per heavy atom.